The Bertz CT molecular complexity index is 913. The molecule has 0 aliphatic rings. The third kappa shape index (κ3) is 46.0. The first-order valence-corrected chi connectivity index (χ1v) is 28.6. The highest BCUT2D eigenvalue weighted by atomic mass is 16.3. The molecule has 376 valence electrons. The fourth-order valence-corrected chi connectivity index (χ4v) is 9.23. The lowest BCUT2D eigenvalue weighted by Crippen LogP contribution is -2.53. The standard InChI is InChI=1S/C57H113NO5/c1-3-5-7-9-11-13-15-17-18-19-20-21-22-23-24-25-26-27-28-29-30-31-32-33-34-35-36-37-39-41-43-45-47-49-51-55(61)57(63)58-53(52-59)56(62)54(60)50-48-46-44-42-40-38-16-14-12-10-8-6-4-2/h25-26,53-56,59-62H,3-24,27-52H2,1-2H3,(H,58,63)/b26-25-. The zero-order chi connectivity index (χ0) is 45.9. The van der Waals surface area contributed by atoms with E-state index in [1.807, 2.05) is 0 Å². The van der Waals surface area contributed by atoms with Crippen molar-refractivity contribution >= 4 is 5.91 Å². The predicted molar refractivity (Wildman–Crippen MR) is 275 cm³/mol. The average molecular weight is 893 g/mol. The van der Waals surface area contributed by atoms with Gasteiger partial charge in [-0.15, -0.1) is 0 Å². The maximum absolute atomic E-state index is 12.6. The van der Waals surface area contributed by atoms with E-state index in [0.29, 0.717) is 12.8 Å². The molecule has 0 rings (SSSR count). The van der Waals surface area contributed by atoms with Crippen LogP contribution in [-0.4, -0.2) is 57.3 Å². The van der Waals surface area contributed by atoms with Crippen LogP contribution in [0.15, 0.2) is 12.2 Å². The van der Waals surface area contributed by atoms with Crippen LogP contribution in [0.1, 0.15) is 316 Å². The van der Waals surface area contributed by atoms with Gasteiger partial charge in [0, 0.05) is 0 Å². The summed E-state index contributed by atoms with van der Waals surface area (Å²) in [5, 5.41) is 43.9. The van der Waals surface area contributed by atoms with E-state index in [-0.39, 0.29) is 0 Å². The molecule has 5 N–H and O–H groups in total. The third-order valence-corrected chi connectivity index (χ3v) is 13.7. The maximum Gasteiger partial charge on any atom is 0.249 e. The van der Waals surface area contributed by atoms with E-state index in [9.17, 15) is 25.2 Å². The molecule has 6 nitrogen and oxygen atoms in total. The fourth-order valence-electron chi connectivity index (χ4n) is 9.23. The van der Waals surface area contributed by atoms with Crippen molar-refractivity contribution in [3.63, 3.8) is 0 Å². The Kier molecular flexibility index (Phi) is 51.2. The van der Waals surface area contributed by atoms with Crippen LogP contribution in [-0.2, 0) is 4.79 Å². The summed E-state index contributed by atoms with van der Waals surface area (Å²) < 4.78 is 0. The minimum Gasteiger partial charge on any atom is -0.394 e. The van der Waals surface area contributed by atoms with Crippen LogP contribution in [0.25, 0.3) is 0 Å². The van der Waals surface area contributed by atoms with Gasteiger partial charge < -0.3 is 25.7 Å². The number of allylic oxidation sites excluding steroid dienone is 2. The molecule has 0 heterocycles. The summed E-state index contributed by atoms with van der Waals surface area (Å²) in [6.45, 7) is 4.08. The molecule has 0 aromatic carbocycles. The second kappa shape index (κ2) is 52.0. The number of carbonyl (C=O) groups excluding carboxylic acids is 1. The van der Waals surface area contributed by atoms with E-state index in [0.717, 1.165) is 38.5 Å². The van der Waals surface area contributed by atoms with Gasteiger partial charge in [-0.25, -0.2) is 0 Å². The lowest BCUT2D eigenvalue weighted by molar-refractivity contribution is -0.132. The Hall–Kier alpha value is -0.950. The predicted octanol–water partition coefficient (Wildman–Crippen LogP) is 16.5. The highest BCUT2D eigenvalue weighted by Crippen LogP contribution is 2.18. The summed E-state index contributed by atoms with van der Waals surface area (Å²) >= 11 is 0. The van der Waals surface area contributed by atoms with Crippen LogP contribution >= 0.6 is 0 Å². The Balaban J connectivity index is 3.52. The number of hydrogen-bond acceptors (Lipinski definition) is 5. The second-order valence-electron chi connectivity index (χ2n) is 20.0. The molecule has 0 spiro atoms. The summed E-state index contributed by atoms with van der Waals surface area (Å²) in [4.78, 5) is 12.6. The summed E-state index contributed by atoms with van der Waals surface area (Å²) in [5.41, 5.74) is 0. The Morgan fingerprint density at radius 3 is 0.921 bits per heavy atom. The zero-order valence-electron chi connectivity index (χ0n) is 42.6. The number of unbranched alkanes of at least 4 members (excludes halogenated alkanes) is 42. The van der Waals surface area contributed by atoms with Gasteiger partial charge in [0.25, 0.3) is 0 Å². The van der Waals surface area contributed by atoms with Crippen molar-refractivity contribution in [3.8, 4) is 0 Å². The Morgan fingerprint density at radius 1 is 0.381 bits per heavy atom. The monoisotopic (exact) mass is 892 g/mol. The quantitative estimate of drug-likeness (QED) is 0.0309. The van der Waals surface area contributed by atoms with E-state index in [1.54, 1.807) is 0 Å². The number of carbonyl (C=O) groups is 1. The molecule has 0 radical (unpaired) electrons. The first kappa shape index (κ1) is 62.1. The SMILES string of the molecule is CCCCCCCCCCCCCCCC/C=C\CCCCCCCCCCCCCCCCCCC(O)C(=O)NC(CO)C(O)C(O)CCCCCCCCCCCCCCC. The summed E-state index contributed by atoms with van der Waals surface area (Å²) in [6, 6.07) is -0.981. The molecule has 0 aliphatic carbocycles. The van der Waals surface area contributed by atoms with Crippen molar-refractivity contribution in [2.75, 3.05) is 6.61 Å². The molecule has 6 heteroatoms. The van der Waals surface area contributed by atoms with Crippen molar-refractivity contribution in [1.29, 1.82) is 0 Å². The van der Waals surface area contributed by atoms with Gasteiger partial charge >= 0.3 is 0 Å². The maximum atomic E-state index is 12.6. The van der Waals surface area contributed by atoms with E-state index in [2.05, 4.69) is 31.3 Å². The third-order valence-electron chi connectivity index (χ3n) is 13.7. The smallest absolute Gasteiger partial charge is 0.249 e. The van der Waals surface area contributed by atoms with Crippen LogP contribution in [0.4, 0.5) is 0 Å². The van der Waals surface area contributed by atoms with Crippen molar-refractivity contribution in [2.24, 2.45) is 0 Å². The van der Waals surface area contributed by atoms with Crippen LogP contribution in [0, 0.1) is 0 Å². The molecule has 4 unspecified atom stereocenters. The molecule has 4 atom stereocenters. The van der Waals surface area contributed by atoms with Gasteiger partial charge in [-0.2, -0.15) is 0 Å². The first-order valence-electron chi connectivity index (χ1n) is 28.6. The fraction of sp³-hybridized carbons (Fsp3) is 0.947. The van der Waals surface area contributed by atoms with Gasteiger partial charge in [0.1, 0.15) is 12.2 Å². The number of aliphatic hydroxyl groups is 4. The first-order chi connectivity index (χ1) is 31.0. The molecule has 0 saturated heterocycles. The van der Waals surface area contributed by atoms with Crippen molar-refractivity contribution in [1.82, 2.24) is 5.32 Å². The summed E-state index contributed by atoms with van der Waals surface area (Å²) in [6.07, 6.45) is 61.6. The van der Waals surface area contributed by atoms with Gasteiger partial charge in [0.05, 0.1) is 18.8 Å². The average Bonchev–Trinajstić information content (AvgIpc) is 3.29. The van der Waals surface area contributed by atoms with Crippen LogP contribution < -0.4 is 5.32 Å². The molecule has 0 bridgehead atoms. The van der Waals surface area contributed by atoms with Crippen LogP contribution in [0.3, 0.4) is 0 Å². The van der Waals surface area contributed by atoms with Crippen LogP contribution in [0.5, 0.6) is 0 Å². The minimum atomic E-state index is -1.25. The summed E-state index contributed by atoms with van der Waals surface area (Å²) in [7, 11) is 0. The zero-order valence-corrected chi connectivity index (χ0v) is 42.6. The van der Waals surface area contributed by atoms with Crippen molar-refractivity contribution < 1.29 is 25.2 Å². The molecular formula is C57H113NO5. The molecule has 63 heavy (non-hydrogen) atoms. The molecular weight excluding hydrogens is 779 g/mol. The number of hydrogen-bond donors (Lipinski definition) is 5. The lowest BCUT2D eigenvalue weighted by Gasteiger charge is -2.27. The number of nitrogens with one attached hydrogen (secondary N) is 1. The minimum absolute atomic E-state index is 0.374. The van der Waals surface area contributed by atoms with Gasteiger partial charge in [0.2, 0.25) is 5.91 Å². The van der Waals surface area contributed by atoms with Crippen molar-refractivity contribution in [2.45, 2.75) is 340 Å². The van der Waals surface area contributed by atoms with Crippen LogP contribution in [0.2, 0.25) is 0 Å². The Labute approximate surface area is 393 Å². The molecule has 0 aromatic rings. The van der Waals surface area contributed by atoms with Gasteiger partial charge in [-0.3, -0.25) is 4.79 Å². The van der Waals surface area contributed by atoms with E-state index in [1.165, 1.54) is 250 Å². The molecule has 0 saturated carbocycles. The van der Waals surface area contributed by atoms with Crippen molar-refractivity contribution in [3.05, 3.63) is 12.2 Å². The second-order valence-corrected chi connectivity index (χ2v) is 20.0. The normalized spacial score (nSPS) is 13.8. The molecule has 1 amide bonds. The van der Waals surface area contributed by atoms with E-state index >= 15 is 0 Å². The number of aliphatic hydroxyl groups excluding tert-OH is 4. The topological polar surface area (TPSA) is 110 Å². The molecule has 0 aromatic heterocycles. The largest absolute Gasteiger partial charge is 0.394 e. The number of amides is 1. The molecule has 0 fully saturated rings. The van der Waals surface area contributed by atoms with Gasteiger partial charge in [-0.1, -0.05) is 289 Å². The Morgan fingerprint density at radius 2 is 0.635 bits per heavy atom. The summed E-state index contributed by atoms with van der Waals surface area (Å²) in [5.74, 6) is -0.579. The van der Waals surface area contributed by atoms with Gasteiger partial charge in [-0.05, 0) is 38.5 Å². The number of rotatable bonds is 53. The molecule has 0 aliphatic heterocycles. The van der Waals surface area contributed by atoms with Gasteiger partial charge in [0.15, 0.2) is 0 Å². The highest BCUT2D eigenvalue weighted by molar-refractivity contribution is 5.80. The highest BCUT2D eigenvalue weighted by Gasteiger charge is 2.28. The van der Waals surface area contributed by atoms with E-state index < -0.39 is 36.9 Å². The van der Waals surface area contributed by atoms with E-state index in [4.69, 9.17) is 0 Å². The lowest BCUT2D eigenvalue weighted by atomic mass is 9.99.